The van der Waals surface area contributed by atoms with Crippen molar-refractivity contribution >= 4 is 11.6 Å². The summed E-state index contributed by atoms with van der Waals surface area (Å²) in [5.41, 5.74) is 2.31. The fourth-order valence-electron chi connectivity index (χ4n) is 3.55. The van der Waals surface area contributed by atoms with Crippen LogP contribution in [-0.4, -0.2) is 62.6 Å². The van der Waals surface area contributed by atoms with Crippen molar-refractivity contribution in [1.29, 1.82) is 0 Å². The molecule has 144 valence electrons. The second kappa shape index (κ2) is 8.91. The molecule has 0 spiro atoms. The Morgan fingerprint density at radius 3 is 2.44 bits per heavy atom. The summed E-state index contributed by atoms with van der Waals surface area (Å²) in [6.07, 6.45) is 0. The van der Waals surface area contributed by atoms with Gasteiger partial charge in [0, 0.05) is 45.0 Å². The molecule has 0 radical (unpaired) electrons. The summed E-state index contributed by atoms with van der Waals surface area (Å²) >= 11 is 0. The molecule has 1 aliphatic heterocycles. The van der Waals surface area contributed by atoms with E-state index in [1.54, 1.807) is 7.11 Å². The van der Waals surface area contributed by atoms with Crippen LogP contribution in [0.1, 0.15) is 18.5 Å². The number of likely N-dealkylation sites (N-methyl/N-ethyl adjacent to an activating group) is 1. The van der Waals surface area contributed by atoms with Crippen molar-refractivity contribution in [3.05, 3.63) is 60.2 Å². The van der Waals surface area contributed by atoms with Gasteiger partial charge in [0.15, 0.2) is 0 Å². The van der Waals surface area contributed by atoms with Crippen LogP contribution < -0.4 is 9.64 Å². The lowest BCUT2D eigenvalue weighted by atomic mass is 10.1. The second-order valence-electron chi connectivity index (χ2n) is 7.06. The van der Waals surface area contributed by atoms with E-state index >= 15 is 0 Å². The molecule has 1 saturated heterocycles. The van der Waals surface area contributed by atoms with Crippen molar-refractivity contribution < 1.29 is 9.53 Å². The molecule has 27 heavy (non-hydrogen) atoms. The van der Waals surface area contributed by atoms with E-state index in [9.17, 15) is 4.79 Å². The summed E-state index contributed by atoms with van der Waals surface area (Å²) in [4.78, 5) is 19.1. The van der Waals surface area contributed by atoms with Gasteiger partial charge in [-0.3, -0.25) is 9.69 Å². The van der Waals surface area contributed by atoms with Crippen LogP contribution in [0.15, 0.2) is 54.6 Å². The number of para-hydroxylation sites is 1. The average Bonchev–Trinajstić information content (AvgIpc) is 2.74. The molecule has 1 aliphatic rings. The van der Waals surface area contributed by atoms with Gasteiger partial charge in [-0.25, -0.2) is 0 Å². The minimum absolute atomic E-state index is 0.190. The summed E-state index contributed by atoms with van der Waals surface area (Å²) in [5, 5.41) is 0. The average molecular weight is 367 g/mol. The number of amides is 1. The van der Waals surface area contributed by atoms with Gasteiger partial charge in [0.05, 0.1) is 13.7 Å². The van der Waals surface area contributed by atoms with Crippen molar-refractivity contribution in [3.63, 3.8) is 0 Å². The summed E-state index contributed by atoms with van der Waals surface area (Å²) in [7, 11) is 3.66. The Morgan fingerprint density at radius 2 is 1.78 bits per heavy atom. The van der Waals surface area contributed by atoms with Gasteiger partial charge in [-0.2, -0.15) is 0 Å². The third kappa shape index (κ3) is 4.80. The van der Waals surface area contributed by atoms with Gasteiger partial charge >= 0.3 is 0 Å². The lowest BCUT2D eigenvalue weighted by Crippen LogP contribution is -2.51. The Balaban J connectivity index is 1.52. The zero-order valence-electron chi connectivity index (χ0n) is 16.5. The molecule has 0 N–H and O–H groups in total. The molecule has 0 saturated carbocycles. The normalized spacial score (nSPS) is 16.0. The Bertz CT molecular complexity index is 742. The molecule has 3 rings (SSSR count). The number of hydrogen-bond donors (Lipinski definition) is 0. The number of piperazine rings is 1. The maximum Gasteiger partial charge on any atom is 0.242 e. The van der Waals surface area contributed by atoms with E-state index in [-0.39, 0.29) is 5.91 Å². The topological polar surface area (TPSA) is 36.0 Å². The highest BCUT2D eigenvalue weighted by atomic mass is 16.5. The highest BCUT2D eigenvalue weighted by Crippen LogP contribution is 2.25. The number of hydrogen-bond acceptors (Lipinski definition) is 4. The van der Waals surface area contributed by atoms with Gasteiger partial charge < -0.3 is 14.5 Å². The van der Waals surface area contributed by atoms with Gasteiger partial charge in [-0.05, 0) is 36.8 Å². The Kier molecular flexibility index (Phi) is 6.35. The zero-order chi connectivity index (χ0) is 19.2. The summed E-state index contributed by atoms with van der Waals surface area (Å²) in [6, 6.07) is 18.6. The van der Waals surface area contributed by atoms with E-state index in [0.717, 1.165) is 37.6 Å². The molecule has 5 heteroatoms. The SMILES string of the molecule is COc1cccc(C(C)N2CCN(C(=O)CN(C)c3ccccc3)CC2)c1. The summed E-state index contributed by atoms with van der Waals surface area (Å²) < 4.78 is 5.34. The second-order valence-corrected chi connectivity index (χ2v) is 7.06. The van der Waals surface area contributed by atoms with E-state index < -0.39 is 0 Å². The van der Waals surface area contributed by atoms with Crippen LogP contribution in [0.2, 0.25) is 0 Å². The van der Waals surface area contributed by atoms with E-state index in [1.807, 2.05) is 59.3 Å². The van der Waals surface area contributed by atoms with E-state index in [2.05, 4.69) is 24.0 Å². The first kappa shape index (κ1) is 19.2. The molecule has 0 bridgehead atoms. The third-order valence-corrected chi connectivity index (χ3v) is 5.36. The molecule has 1 atom stereocenters. The number of carbonyl (C=O) groups is 1. The Morgan fingerprint density at radius 1 is 1.07 bits per heavy atom. The van der Waals surface area contributed by atoms with Crippen molar-refractivity contribution in [1.82, 2.24) is 9.80 Å². The van der Waals surface area contributed by atoms with Gasteiger partial charge in [-0.1, -0.05) is 30.3 Å². The first-order valence-electron chi connectivity index (χ1n) is 9.50. The number of carbonyl (C=O) groups excluding carboxylic acids is 1. The number of anilines is 1. The predicted molar refractivity (Wildman–Crippen MR) is 109 cm³/mol. The minimum Gasteiger partial charge on any atom is -0.497 e. The third-order valence-electron chi connectivity index (χ3n) is 5.36. The van der Waals surface area contributed by atoms with Crippen LogP contribution >= 0.6 is 0 Å². The molecule has 2 aromatic carbocycles. The van der Waals surface area contributed by atoms with E-state index in [4.69, 9.17) is 4.74 Å². The zero-order valence-corrected chi connectivity index (χ0v) is 16.5. The van der Waals surface area contributed by atoms with Crippen LogP contribution in [0.25, 0.3) is 0 Å². The minimum atomic E-state index is 0.190. The van der Waals surface area contributed by atoms with Crippen LogP contribution in [0.4, 0.5) is 5.69 Å². The Labute approximate surface area is 162 Å². The fourth-order valence-corrected chi connectivity index (χ4v) is 3.55. The van der Waals surface area contributed by atoms with E-state index in [0.29, 0.717) is 12.6 Å². The maximum absolute atomic E-state index is 12.7. The molecular weight excluding hydrogens is 338 g/mol. The molecule has 1 heterocycles. The first-order valence-corrected chi connectivity index (χ1v) is 9.50. The van der Waals surface area contributed by atoms with Gasteiger partial charge in [-0.15, -0.1) is 0 Å². The number of rotatable bonds is 6. The highest BCUT2D eigenvalue weighted by Gasteiger charge is 2.25. The van der Waals surface area contributed by atoms with Crippen LogP contribution in [0.5, 0.6) is 5.75 Å². The number of nitrogens with zero attached hydrogens (tertiary/aromatic N) is 3. The molecular formula is C22H29N3O2. The van der Waals surface area contributed by atoms with Crippen molar-refractivity contribution in [3.8, 4) is 5.75 Å². The fraction of sp³-hybridized carbons (Fsp3) is 0.409. The lowest BCUT2D eigenvalue weighted by Gasteiger charge is -2.38. The summed E-state index contributed by atoms with van der Waals surface area (Å²) in [5.74, 6) is 1.08. The smallest absolute Gasteiger partial charge is 0.242 e. The van der Waals surface area contributed by atoms with Crippen LogP contribution in [0.3, 0.4) is 0 Å². The van der Waals surface area contributed by atoms with Gasteiger partial charge in [0.1, 0.15) is 5.75 Å². The molecule has 0 aliphatic carbocycles. The van der Waals surface area contributed by atoms with Crippen molar-refractivity contribution in [2.45, 2.75) is 13.0 Å². The molecule has 2 aromatic rings. The monoisotopic (exact) mass is 367 g/mol. The standard InChI is InChI=1S/C22H29N3O2/c1-18(19-8-7-11-21(16-19)27-3)24-12-14-25(15-13-24)22(26)17-23(2)20-9-5-4-6-10-20/h4-11,16,18H,12-15,17H2,1-3H3. The number of ether oxygens (including phenoxy) is 1. The quantitative estimate of drug-likeness (QED) is 0.786. The highest BCUT2D eigenvalue weighted by molar-refractivity contribution is 5.81. The van der Waals surface area contributed by atoms with Crippen LogP contribution in [0, 0.1) is 0 Å². The van der Waals surface area contributed by atoms with E-state index in [1.165, 1.54) is 5.56 Å². The number of benzene rings is 2. The summed E-state index contributed by atoms with van der Waals surface area (Å²) in [6.45, 7) is 5.95. The maximum atomic E-state index is 12.7. The number of methoxy groups -OCH3 is 1. The molecule has 0 aromatic heterocycles. The van der Waals surface area contributed by atoms with Crippen molar-refractivity contribution in [2.75, 3.05) is 51.8 Å². The van der Waals surface area contributed by atoms with Gasteiger partial charge in [0.2, 0.25) is 5.91 Å². The molecule has 5 nitrogen and oxygen atoms in total. The first-order chi connectivity index (χ1) is 13.1. The molecule has 1 unspecified atom stereocenters. The Hall–Kier alpha value is -2.53. The molecule has 1 fully saturated rings. The molecule has 1 amide bonds. The largest absolute Gasteiger partial charge is 0.497 e. The lowest BCUT2D eigenvalue weighted by molar-refractivity contribution is -0.131. The van der Waals surface area contributed by atoms with Crippen LogP contribution in [-0.2, 0) is 4.79 Å². The van der Waals surface area contributed by atoms with Crippen molar-refractivity contribution in [2.24, 2.45) is 0 Å². The van der Waals surface area contributed by atoms with Gasteiger partial charge in [0.25, 0.3) is 0 Å². The predicted octanol–water partition coefficient (Wildman–Crippen LogP) is 3.04.